The minimum atomic E-state index is -0.470. The van der Waals surface area contributed by atoms with Crippen molar-refractivity contribution in [1.29, 1.82) is 0 Å². The molecule has 178 valence electrons. The molecular weight excluding hydrogens is 384 g/mol. The van der Waals surface area contributed by atoms with E-state index in [0.29, 0.717) is 12.9 Å². The molecule has 0 aromatic rings. The van der Waals surface area contributed by atoms with Gasteiger partial charge in [-0.15, -0.1) is 0 Å². The molecule has 0 aliphatic carbocycles. The molecule has 9 heteroatoms. The molecule has 0 saturated heterocycles. The molecule has 0 amide bonds. The van der Waals surface area contributed by atoms with Gasteiger partial charge >= 0.3 is 0 Å². The van der Waals surface area contributed by atoms with Crippen LogP contribution in [-0.4, -0.2) is 77.0 Å². The van der Waals surface area contributed by atoms with E-state index in [1.54, 1.807) is 26.8 Å². The molecular formula is C20H45O9+. The first-order valence-corrected chi connectivity index (χ1v) is 8.86. The number of aldehydes is 4. The Morgan fingerprint density at radius 2 is 1.24 bits per heavy atom. The number of hydrogen-bond donors (Lipinski definition) is 4. The lowest BCUT2D eigenvalue weighted by Crippen LogP contribution is -1.97. The number of hydrogen-bond acceptors (Lipinski definition) is 8. The summed E-state index contributed by atoms with van der Waals surface area (Å²) < 4.78 is 0. The smallest absolute Gasteiger partial charge is 0.181 e. The standard InChI is InChI=1S/C4H8O2.C4H10O.C4H6O.C2H6O.C2H5O.2C2H4O.H2O/c1-4(6)2-3-5;2*1-2-3-4-5;4*1-2-3;/h3-4,6H,2H2,1H3;5H,2-4H2,1H3;2-4H,1H3;3H,2H2,1H3;3H,1-2H2;2*2H,1H3;1H2/q;;;;+1;;;/b;;3-2+;;;;;. The minimum absolute atomic E-state index is 0. The van der Waals surface area contributed by atoms with Gasteiger partial charge in [0.05, 0.1) is 13.0 Å². The topological polar surface area (TPSA) is 181 Å². The van der Waals surface area contributed by atoms with Crippen LogP contribution in [0.3, 0.4) is 0 Å². The van der Waals surface area contributed by atoms with E-state index in [0.717, 1.165) is 31.7 Å². The second-order valence-corrected chi connectivity index (χ2v) is 4.00. The molecule has 0 rings (SSSR count). The predicted octanol–water partition coefficient (Wildman–Crippen LogP) is 0.893. The number of allylic oxidation sites excluding steroid dienone is 2. The van der Waals surface area contributed by atoms with Crippen LogP contribution in [-0.2, 0) is 19.2 Å². The summed E-state index contributed by atoms with van der Waals surface area (Å²) in [6.45, 7) is 13.6. The SMILES string of the molecule is C/C=C/C=O.CC(O)CC=O.CC=O.CC=O.CCCCO.CCO.O.[CH2+]CO. The monoisotopic (exact) mass is 429 g/mol. The highest BCUT2D eigenvalue weighted by Gasteiger charge is 1.87. The van der Waals surface area contributed by atoms with Gasteiger partial charge in [0.1, 0.15) is 25.1 Å². The lowest BCUT2D eigenvalue weighted by Gasteiger charge is -1.89. The van der Waals surface area contributed by atoms with Crippen molar-refractivity contribution in [3.8, 4) is 0 Å². The van der Waals surface area contributed by atoms with E-state index in [-0.39, 0.29) is 25.1 Å². The van der Waals surface area contributed by atoms with Gasteiger partial charge in [-0.05, 0) is 47.1 Å². The van der Waals surface area contributed by atoms with Crippen LogP contribution in [0.25, 0.3) is 0 Å². The minimum Gasteiger partial charge on any atom is -0.412 e. The van der Waals surface area contributed by atoms with Crippen molar-refractivity contribution >= 4 is 25.1 Å². The van der Waals surface area contributed by atoms with Crippen molar-refractivity contribution in [2.24, 2.45) is 0 Å². The first-order chi connectivity index (χ1) is 13.3. The Morgan fingerprint density at radius 1 is 0.931 bits per heavy atom. The van der Waals surface area contributed by atoms with E-state index in [1.807, 2.05) is 0 Å². The molecule has 1 atom stereocenters. The fraction of sp³-hybridized carbons (Fsp3) is 0.650. The van der Waals surface area contributed by atoms with Crippen LogP contribution >= 0.6 is 0 Å². The third-order valence-corrected chi connectivity index (χ3v) is 1.22. The van der Waals surface area contributed by atoms with Crippen molar-refractivity contribution in [2.75, 3.05) is 19.8 Å². The van der Waals surface area contributed by atoms with Crippen LogP contribution < -0.4 is 0 Å². The number of aliphatic hydroxyl groups is 4. The summed E-state index contributed by atoms with van der Waals surface area (Å²) >= 11 is 0. The largest absolute Gasteiger partial charge is 0.412 e. The summed E-state index contributed by atoms with van der Waals surface area (Å²) in [5.41, 5.74) is 0. The van der Waals surface area contributed by atoms with E-state index >= 15 is 0 Å². The second-order valence-electron chi connectivity index (χ2n) is 4.00. The molecule has 0 saturated carbocycles. The summed E-state index contributed by atoms with van der Waals surface area (Å²) in [6, 6.07) is 0. The average molecular weight is 430 g/mol. The third-order valence-electron chi connectivity index (χ3n) is 1.22. The van der Waals surface area contributed by atoms with Crippen LogP contribution in [0.5, 0.6) is 0 Å². The average Bonchev–Trinajstić information content (AvgIpc) is 2.60. The Bertz CT molecular complexity index is 246. The summed E-state index contributed by atoms with van der Waals surface area (Å²) in [5.74, 6) is 0. The van der Waals surface area contributed by atoms with Gasteiger partial charge < -0.3 is 40.3 Å². The van der Waals surface area contributed by atoms with Gasteiger partial charge in [0.25, 0.3) is 0 Å². The molecule has 0 heterocycles. The van der Waals surface area contributed by atoms with E-state index in [4.69, 9.17) is 30.0 Å². The van der Waals surface area contributed by atoms with Crippen LogP contribution in [0.15, 0.2) is 12.2 Å². The molecule has 0 aromatic heterocycles. The van der Waals surface area contributed by atoms with Crippen molar-refractivity contribution < 1.29 is 45.1 Å². The second kappa shape index (κ2) is 95.9. The fourth-order valence-electron chi connectivity index (χ4n) is 0.376. The molecule has 0 fully saturated rings. The fourth-order valence-corrected chi connectivity index (χ4v) is 0.376. The molecule has 9 nitrogen and oxygen atoms in total. The van der Waals surface area contributed by atoms with E-state index in [9.17, 15) is 9.59 Å². The van der Waals surface area contributed by atoms with Gasteiger partial charge in [-0.1, -0.05) is 19.4 Å². The Labute approximate surface area is 176 Å². The molecule has 0 aliphatic heterocycles. The van der Waals surface area contributed by atoms with Crippen molar-refractivity contribution in [1.82, 2.24) is 0 Å². The van der Waals surface area contributed by atoms with Crippen LogP contribution in [0.4, 0.5) is 0 Å². The highest BCUT2D eigenvalue weighted by molar-refractivity contribution is 5.64. The van der Waals surface area contributed by atoms with Gasteiger partial charge in [0.15, 0.2) is 6.61 Å². The van der Waals surface area contributed by atoms with Crippen LogP contribution in [0, 0.1) is 6.92 Å². The number of aliphatic hydroxyl groups excluding tert-OH is 4. The molecule has 0 aliphatic rings. The molecule has 1 unspecified atom stereocenters. The Hall–Kier alpha value is -1.91. The van der Waals surface area contributed by atoms with Crippen molar-refractivity contribution in [2.45, 2.75) is 66.9 Å². The van der Waals surface area contributed by atoms with Crippen LogP contribution in [0.1, 0.15) is 60.8 Å². The van der Waals surface area contributed by atoms with E-state index < -0.39 is 6.10 Å². The van der Waals surface area contributed by atoms with Gasteiger partial charge in [0.2, 0.25) is 0 Å². The van der Waals surface area contributed by atoms with Gasteiger partial charge in [-0.2, -0.15) is 0 Å². The summed E-state index contributed by atoms with van der Waals surface area (Å²) in [6.07, 6.45) is 7.90. The highest BCUT2D eigenvalue weighted by Crippen LogP contribution is 1.80. The quantitative estimate of drug-likeness (QED) is 0.282. The molecule has 0 spiro atoms. The van der Waals surface area contributed by atoms with Crippen molar-refractivity contribution in [3.05, 3.63) is 19.1 Å². The number of carbonyl (C=O) groups is 4. The number of carbonyl (C=O) groups excluding carboxylic acids is 4. The van der Waals surface area contributed by atoms with E-state index in [1.165, 1.54) is 19.9 Å². The summed E-state index contributed by atoms with van der Waals surface area (Å²) in [5, 5.41) is 31.4. The maximum absolute atomic E-state index is 9.46. The zero-order chi connectivity index (χ0) is 24.1. The van der Waals surface area contributed by atoms with Gasteiger partial charge in [0, 0.05) is 19.6 Å². The Balaban J connectivity index is -0.0000000300. The molecule has 29 heavy (non-hydrogen) atoms. The zero-order valence-electron chi connectivity index (χ0n) is 18.9. The van der Waals surface area contributed by atoms with Crippen LogP contribution in [0.2, 0.25) is 0 Å². The maximum atomic E-state index is 9.46. The predicted molar refractivity (Wildman–Crippen MR) is 118 cm³/mol. The highest BCUT2D eigenvalue weighted by atomic mass is 16.3. The number of rotatable bonds is 5. The zero-order valence-corrected chi connectivity index (χ0v) is 18.9. The van der Waals surface area contributed by atoms with Gasteiger partial charge in [-0.3, -0.25) is 4.79 Å². The summed E-state index contributed by atoms with van der Waals surface area (Å²) in [4.78, 5) is 36.4. The lowest BCUT2D eigenvalue weighted by molar-refractivity contribution is -0.109. The van der Waals surface area contributed by atoms with Crippen molar-refractivity contribution in [3.63, 3.8) is 0 Å². The summed E-state index contributed by atoms with van der Waals surface area (Å²) in [7, 11) is 0. The molecule has 6 N–H and O–H groups in total. The van der Waals surface area contributed by atoms with Gasteiger partial charge in [-0.25, -0.2) is 0 Å². The number of unbranched alkanes of at least 4 members (excludes halogenated alkanes) is 1. The first kappa shape index (κ1) is 50.6. The Morgan fingerprint density at radius 3 is 1.24 bits per heavy atom. The normalized spacial score (nSPS) is 7.93. The molecule has 0 radical (unpaired) electrons. The molecule has 0 aromatic carbocycles. The third kappa shape index (κ3) is 584. The maximum Gasteiger partial charge on any atom is 0.181 e. The van der Waals surface area contributed by atoms with E-state index in [2.05, 4.69) is 13.8 Å². The first-order valence-electron chi connectivity index (χ1n) is 8.86. The Kier molecular flexibility index (Phi) is 167. The molecule has 0 bridgehead atoms. The lowest BCUT2D eigenvalue weighted by atomic mass is 10.3.